The summed E-state index contributed by atoms with van der Waals surface area (Å²) >= 11 is 0. The van der Waals surface area contributed by atoms with E-state index < -0.39 is 0 Å². The Hall–Kier alpha value is -1.06. The van der Waals surface area contributed by atoms with Crippen LogP contribution in [-0.2, 0) is 6.54 Å². The highest BCUT2D eigenvalue weighted by atomic mass is 16.5. The fourth-order valence-corrected chi connectivity index (χ4v) is 2.47. The van der Waals surface area contributed by atoms with Crippen LogP contribution in [0.5, 0.6) is 5.75 Å². The Bertz CT molecular complexity index is 403. The molecule has 2 N–H and O–H groups in total. The molecule has 0 aliphatic carbocycles. The molecule has 0 bridgehead atoms. The summed E-state index contributed by atoms with van der Waals surface area (Å²) in [4.78, 5) is 2.42. The van der Waals surface area contributed by atoms with Crippen LogP contribution in [0.4, 0.5) is 0 Å². The molecule has 0 amide bonds. The van der Waals surface area contributed by atoms with Crippen LogP contribution in [0.2, 0.25) is 0 Å². The van der Waals surface area contributed by atoms with E-state index in [1.54, 1.807) is 7.11 Å². The average Bonchev–Trinajstić information content (AvgIpc) is 2.35. The smallest absolute Gasteiger partial charge is 0.123 e. The van der Waals surface area contributed by atoms with Gasteiger partial charge in [-0.2, -0.15) is 0 Å². The fourth-order valence-electron chi connectivity index (χ4n) is 2.47. The molecule has 0 saturated carbocycles. The zero-order valence-corrected chi connectivity index (χ0v) is 11.6. The van der Waals surface area contributed by atoms with E-state index in [2.05, 4.69) is 30.9 Å². The predicted octanol–water partition coefficient (Wildman–Crippen LogP) is 2.25. The zero-order chi connectivity index (χ0) is 13.2. The number of hydrogen-bond donors (Lipinski definition) is 1. The summed E-state index contributed by atoms with van der Waals surface area (Å²) in [7, 11) is 1.73. The van der Waals surface area contributed by atoms with Crippen molar-refractivity contribution in [2.45, 2.75) is 32.9 Å². The van der Waals surface area contributed by atoms with Gasteiger partial charge in [-0.15, -0.1) is 0 Å². The van der Waals surface area contributed by atoms with Crippen molar-refractivity contribution in [2.75, 3.05) is 20.2 Å². The maximum absolute atomic E-state index is 6.25. The van der Waals surface area contributed by atoms with Gasteiger partial charge >= 0.3 is 0 Å². The van der Waals surface area contributed by atoms with Gasteiger partial charge in [-0.1, -0.05) is 32.0 Å². The SMILES string of the molecule is COc1ccccc1CN1CCC(C)(C)C(N)C1. The van der Waals surface area contributed by atoms with E-state index in [0.717, 1.165) is 31.8 Å². The van der Waals surface area contributed by atoms with Gasteiger partial charge in [0.1, 0.15) is 5.75 Å². The molecule has 0 radical (unpaired) electrons. The lowest BCUT2D eigenvalue weighted by molar-refractivity contribution is 0.100. The monoisotopic (exact) mass is 248 g/mol. The first-order valence-electron chi connectivity index (χ1n) is 6.63. The Labute approximate surface area is 110 Å². The highest BCUT2D eigenvalue weighted by molar-refractivity contribution is 5.33. The van der Waals surface area contributed by atoms with Crippen molar-refractivity contribution in [1.29, 1.82) is 0 Å². The largest absolute Gasteiger partial charge is 0.496 e. The number of likely N-dealkylation sites (tertiary alicyclic amines) is 1. The summed E-state index contributed by atoms with van der Waals surface area (Å²) in [6, 6.07) is 8.47. The fraction of sp³-hybridized carbons (Fsp3) is 0.600. The number of rotatable bonds is 3. The van der Waals surface area contributed by atoms with Crippen LogP contribution in [0.25, 0.3) is 0 Å². The number of hydrogen-bond acceptors (Lipinski definition) is 3. The second-order valence-electron chi connectivity index (χ2n) is 5.89. The molecule has 0 spiro atoms. The summed E-state index contributed by atoms with van der Waals surface area (Å²) in [5.41, 5.74) is 7.76. The summed E-state index contributed by atoms with van der Waals surface area (Å²) < 4.78 is 5.40. The molecule has 1 saturated heterocycles. The molecule has 18 heavy (non-hydrogen) atoms. The lowest BCUT2D eigenvalue weighted by atomic mass is 9.78. The van der Waals surface area contributed by atoms with Gasteiger partial charge in [0.2, 0.25) is 0 Å². The number of piperidine rings is 1. The van der Waals surface area contributed by atoms with Gasteiger partial charge in [0.05, 0.1) is 7.11 Å². The summed E-state index contributed by atoms with van der Waals surface area (Å²) in [6.45, 7) is 7.52. The molecule has 1 aromatic rings. The van der Waals surface area contributed by atoms with E-state index in [-0.39, 0.29) is 11.5 Å². The van der Waals surface area contributed by atoms with Gasteiger partial charge < -0.3 is 10.5 Å². The lowest BCUT2D eigenvalue weighted by Gasteiger charge is -2.42. The van der Waals surface area contributed by atoms with Gasteiger partial charge in [-0.3, -0.25) is 4.90 Å². The first-order valence-corrected chi connectivity index (χ1v) is 6.63. The zero-order valence-electron chi connectivity index (χ0n) is 11.6. The first kappa shape index (κ1) is 13.4. The third kappa shape index (κ3) is 2.85. The average molecular weight is 248 g/mol. The number of nitrogens with two attached hydrogens (primary N) is 1. The van der Waals surface area contributed by atoms with Crippen molar-refractivity contribution >= 4 is 0 Å². The molecule has 1 fully saturated rings. The number of methoxy groups -OCH3 is 1. The van der Waals surface area contributed by atoms with Gasteiger partial charge in [0.15, 0.2) is 0 Å². The molecule has 1 aliphatic heterocycles. The lowest BCUT2D eigenvalue weighted by Crippen LogP contribution is -2.52. The number of benzene rings is 1. The van der Waals surface area contributed by atoms with Gasteiger partial charge in [0, 0.05) is 24.7 Å². The van der Waals surface area contributed by atoms with Crippen molar-refractivity contribution < 1.29 is 4.74 Å². The quantitative estimate of drug-likeness (QED) is 0.891. The van der Waals surface area contributed by atoms with Crippen LogP contribution in [0.1, 0.15) is 25.8 Å². The van der Waals surface area contributed by atoms with E-state index >= 15 is 0 Å². The highest BCUT2D eigenvalue weighted by Gasteiger charge is 2.32. The minimum absolute atomic E-state index is 0.251. The van der Waals surface area contributed by atoms with Crippen LogP contribution in [0.3, 0.4) is 0 Å². The summed E-state index contributed by atoms with van der Waals surface area (Å²) in [5.74, 6) is 0.968. The maximum Gasteiger partial charge on any atom is 0.123 e. The minimum atomic E-state index is 0.251. The van der Waals surface area contributed by atoms with E-state index in [1.165, 1.54) is 5.56 Å². The summed E-state index contributed by atoms with van der Waals surface area (Å²) in [5, 5.41) is 0. The Morgan fingerprint density at radius 3 is 2.78 bits per heavy atom. The Morgan fingerprint density at radius 1 is 1.39 bits per heavy atom. The van der Waals surface area contributed by atoms with Crippen molar-refractivity contribution in [3.63, 3.8) is 0 Å². The molecule has 1 aliphatic rings. The standard InChI is InChI=1S/C15H24N2O/c1-15(2)8-9-17(11-14(15)16)10-12-6-4-5-7-13(12)18-3/h4-7,14H,8-11,16H2,1-3H3. The first-order chi connectivity index (χ1) is 8.53. The predicted molar refractivity (Wildman–Crippen MR) is 74.6 cm³/mol. The molecular formula is C15H24N2O. The minimum Gasteiger partial charge on any atom is -0.496 e. The van der Waals surface area contributed by atoms with Gasteiger partial charge in [-0.25, -0.2) is 0 Å². The Balaban J connectivity index is 2.03. The van der Waals surface area contributed by atoms with Crippen molar-refractivity contribution in [2.24, 2.45) is 11.1 Å². The molecular weight excluding hydrogens is 224 g/mol. The molecule has 0 aromatic heterocycles. The third-order valence-corrected chi connectivity index (χ3v) is 4.12. The molecule has 100 valence electrons. The number of para-hydroxylation sites is 1. The second-order valence-corrected chi connectivity index (χ2v) is 5.89. The normalized spacial score (nSPS) is 23.9. The van der Waals surface area contributed by atoms with Crippen LogP contribution < -0.4 is 10.5 Å². The second kappa shape index (κ2) is 5.29. The van der Waals surface area contributed by atoms with Crippen molar-refractivity contribution in [3.8, 4) is 5.75 Å². The summed E-state index contributed by atoms with van der Waals surface area (Å²) in [6.07, 6.45) is 1.16. The Kier molecular flexibility index (Phi) is 3.93. The molecule has 1 aromatic carbocycles. The Morgan fingerprint density at radius 2 is 2.11 bits per heavy atom. The topological polar surface area (TPSA) is 38.5 Å². The van der Waals surface area contributed by atoms with Crippen LogP contribution >= 0.6 is 0 Å². The molecule has 1 heterocycles. The third-order valence-electron chi connectivity index (χ3n) is 4.12. The van der Waals surface area contributed by atoms with Gasteiger partial charge in [-0.05, 0) is 24.4 Å². The number of nitrogens with zero attached hydrogens (tertiary/aromatic N) is 1. The number of ether oxygens (including phenoxy) is 1. The van der Waals surface area contributed by atoms with E-state index in [9.17, 15) is 0 Å². The highest BCUT2D eigenvalue weighted by Crippen LogP contribution is 2.30. The van der Waals surface area contributed by atoms with Crippen LogP contribution in [-0.4, -0.2) is 31.1 Å². The van der Waals surface area contributed by atoms with Crippen molar-refractivity contribution in [3.05, 3.63) is 29.8 Å². The molecule has 3 nitrogen and oxygen atoms in total. The van der Waals surface area contributed by atoms with Crippen molar-refractivity contribution in [1.82, 2.24) is 4.90 Å². The molecule has 3 heteroatoms. The van der Waals surface area contributed by atoms with Crippen LogP contribution in [0.15, 0.2) is 24.3 Å². The maximum atomic E-state index is 6.25. The van der Waals surface area contributed by atoms with E-state index in [0.29, 0.717) is 0 Å². The molecule has 1 atom stereocenters. The molecule has 2 rings (SSSR count). The molecule has 1 unspecified atom stereocenters. The van der Waals surface area contributed by atoms with E-state index in [1.807, 2.05) is 12.1 Å². The van der Waals surface area contributed by atoms with E-state index in [4.69, 9.17) is 10.5 Å². The van der Waals surface area contributed by atoms with Crippen LogP contribution in [0, 0.1) is 5.41 Å². The van der Waals surface area contributed by atoms with Gasteiger partial charge in [0.25, 0.3) is 0 Å².